The lowest BCUT2D eigenvalue weighted by Gasteiger charge is -2.03. The van der Waals surface area contributed by atoms with Gasteiger partial charge in [0.1, 0.15) is 11.4 Å². The summed E-state index contributed by atoms with van der Waals surface area (Å²) in [6.07, 6.45) is 2.06. The first-order valence-corrected chi connectivity index (χ1v) is 6.51. The van der Waals surface area contributed by atoms with Crippen LogP contribution in [0.4, 0.5) is 5.69 Å². The van der Waals surface area contributed by atoms with Crippen LogP contribution in [0.2, 0.25) is 0 Å². The van der Waals surface area contributed by atoms with Gasteiger partial charge in [-0.15, -0.1) is 0 Å². The van der Waals surface area contributed by atoms with Crippen molar-refractivity contribution in [2.24, 2.45) is 0 Å². The highest BCUT2D eigenvalue weighted by Crippen LogP contribution is 2.27. The fraction of sp³-hybridized carbons (Fsp3) is 0.125. The van der Waals surface area contributed by atoms with E-state index in [0.29, 0.717) is 5.69 Å². The Kier molecular flexibility index (Phi) is 3.20. The van der Waals surface area contributed by atoms with Crippen LogP contribution in [-0.2, 0) is 6.42 Å². The molecule has 1 aromatic carbocycles. The highest BCUT2D eigenvalue weighted by Gasteiger charge is 2.14. The second kappa shape index (κ2) is 5.17. The van der Waals surface area contributed by atoms with Crippen LogP contribution in [0.1, 0.15) is 5.69 Å². The molecule has 0 saturated carbocycles. The van der Waals surface area contributed by atoms with Gasteiger partial charge in [0.25, 0.3) is 0 Å². The number of ether oxygens (including phenoxy) is 1. The molecular weight excluding hydrogens is 264 g/mol. The molecule has 2 heterocycles. The molecule has 0 amide bonds. The summed E-state index contributed by atoms with van der Waals surface area (Å²) in [6.45, 7) is 0. The first kappa shape index (κ1) is 13.0. The molecule has 5 nitrogen and oxygen atoms in total. The van der Waals surface area contributed by atoms with Gasteiger partial charge in [0.05, 0.1) is 31.0 Å². The standard InChI is InChI=1S/C16H14N4O/c1-21-13-5-2-11(3-6-13)16-14(8-9-17)20-10-12(18)4-7-15(20)19-16/h2-7,10H,8,18H2,1H3. The Labute approximate surface area is 122 Å². The number of hydrogen-bond acceptors (Lipinski definition) is 4. The Balaban J connectivity index is 2.20. The van der Waals surface area contributed by atoms with E-state index in [2.05, 4.69) is 11.1 Å². The van der Waals surface area contributed by atoms with Gasteiger partial charge in [-0.2, -0.15) is 5.26 Å². The number of imidazole rings is 1. The largest absolute Gasteiger partial charge is 0.497 e. The quantitative estimate of drug-likeness (QED) is 0.799. The third-order valence-electron chi connectivity index (χ3n) is 3.35. The monoisotopic (exact) mass is 278 g/mol. The van der Waals surface area contributed by atoms with Crippen LogP contribution >= 0.6 is 0 Å². The average molecular weight is 278 g/mol. The summed E-state index contributed by atoms with van der Waals surface area (Å²) in [5.74, 6) is 0.786. The predicted octanol–water partition coefficient (Wildman–Crippen LogP) is 2.66. The van der Waals surface area contributed by atoms with E-state index >= 15 is 0 Å². The highest BCUT2D eigenvalue weighted by molar-refractivity contribution is 5.68. The molecule has 0 aliphatic heterocycles. The van der Waals surface area contributed by atoms with Gasteiger partial charge in [-0.25, -0.2) is 4.98 Å². The van der Waals surface area contributed by atoms with E-state index < -0.39 is 0 Å². The Morgan fingerprint density at radius 2 is 2.00 bits per heavy atom. The molecule has 3 rings (SSSR count). The average Bonchev–Trinajstić information content (AvgIpc) is 2.86. The number of aromatic nitrogens is 2. The molecule has 0 aliphatic carbocycles. The molecule has 0 fully saturated rings. The van der Waals surface area contributed by atoms with Gasteiger partial charge < -0.3 is 14.9 Å². The number of hydrogen-bond donors (Lipinski definition) is 1. The fourth-order valence-electron chi connectivity index (χ4n) is 2.33. The maximum atomic E-state index is 9.08. The molecule has 0 saturated heterocycles. The summed E-state index contributed by atoms with van der Waals surface area (Å²) in [5, 5.41) is 9.08. The summed E-state index contributed by atoms with van der Waals surface area (Å²) >= 11 is 0. The number of anilines is 1. The normalized spacial score (nSPS) is 10.5. The van der Waals surface area contributed by atoms with Crippen LogP contribution in [0.25, 0.3) is 16.9 Å². The number of fused-ring (bicyclic) bond motifs is 1. The summed E-state index contributed by atoms with van der Waals surface area (Å²) in [7, 11) is 1.63. The molecule has 2 aromatic heterocycles. The second-order valence-electron chi connectivity index (χ2n) is 4.66. The van der Waals surface area contributed by atoms with E-state index in [1.807, 2.05) is 34.7 Å². The molecule has 0 spiro atoms. The first-order valence-electron chi connectivity index (χ1n) is 6.51. The number of methoxy groups -OCH3 is 1. The topological polar surface area (TPSA) is 76.3 Å². The molecular formula is C16H14N4O. The maximum absolute atomic E-state index is 9.08. The van der Waals surface area contributed by atoms with Crippen LogP contribution in [-0.4, -0.2) is 16.5 Å². The first-order chi connectivity index (χ1) is 10.2. The predicted molar refractivity (Wildman–Crippen MR) is 80.9 cm³/mol. The van der Waals surface area contributed by atoms with Crippen molar-refractivity contribution in [1.82, 2.24) is 9.38 Å². The van der Waals surface area contributed by atoms with Crippen molar-refractivity contribution in [2.75, 3.05) is 12.8 Å². The second-order valence-corrected chi connectivity index (χ2v) is 4.66. The number of nitrogens with zero attached hydrogens (tertiary/aromatic N) is 3. The lowest BCUT2D eigenvalue weighted by Crippen LogP contribution is -1.95. The smallest absolute Gasteiger partial charge is 0.137 e. The van der Waals surface area contributed by atoms with E-state index in [-0.39, 0.29) is 6.42 Å². The molecule has 21 heavy (non-hydrogen) atoms. The van der Waals surface area contributed by atoms with Gasteiger partial charge in [-0.3, -0.25) is 0 Å². The van der Waals surface area contributed by atoms with Crippen LogP contribution in [0.5, 0.6) is 5.75 Å². The molecule has 5 heteroatoms. The summed E-state index contributed by atoms with van der Waals surface area (Å²) in [4.78, 5) is 4.61. The molecule has 0 bridgehead atoms. The molecule has 0 radical (unpaired) electrons. The zero-order valence-electron chi connectivity index (χ0n) is 11.6. The summed E-state index contributed by atoms with van der Waals surface area (Å²) in [6, 6.07) is 13.5. The van der Waals surface area contributed by atoms with Gasteiger partial charge >= 0.3 is 0 Å². The molecule has 2 N–H and O–H groups in total. The summed E-state index contributed by atoms with van der Waals surface area (Å²) < 4.78 is 7.04. The van der Waals surface area contributed by atoms with Gasteiger partial charge in [0, 0.05) is 17.4 Å². The van der Waals surface area contributed by atoms with E-state index in [4.69, 9.17) is 15.7 Å². The lowest BCUT2D eigenvalue weighted by atomic mass is 10.1. The van der Waals surface area contributed by atoms with Crippen molar-refractivity contribution in [3.63, 3.8) is 0 Å². The summed E-state index contributed by atoms with van der Waals surface area (Å²) in [5.41, 5.74) is 9.83. The minimum absolute atomic E-state index is 0.270. The SMILES string of the molecule is COc1ccc(-c2nc3ccc(N)cn3c2CC#N)cc1. The molecule has 0 atom stereocenters. The van der Waals surface area contributed by atoms with Crippen molar-refractivity contribution in [3.05, 3.63) is 48.3 Å². The number of pyridine rings is 1. The highest BCUT2D eigenvalue weighted by atomic mass is 16.5. The number of benzene rings is 1. The molecule has 104 valence electrons. The van der Waals surface area contributed by atoms with E-state index in [9.17, 15) is 0 Å². The number of nitriles is 1. The Morgan fingerprint density at radius 1 is 1.24 bits per heavy atom. The number of nitrogens with two attached hydrogens (primary N) is 1. The van der Waals surface area contributed by atoms with Crippen LogP contribution in [0, 0.1) is 11.3 Å². The van der Waals surface area contributed by atoms with Gasteiger partial charge in [-0.05, 0) is 36.4 Å². The van der Waals surface area contributed by atoms with E-state index in [1.54, 1.807) is 19.4 Å². The molecule has 3 aromatic rings. The van der Waals surface area contributed by atoms with Crippen molar-refractivity contribution >= 4 is 11.3 Å². The van der Waals surface area contributed by atoms with E-state index in [0.717, 1.165) is 28.3 Å². The third-order valence-corrected chi connectivity index (χ3v) is 3.35. The Hall–Kier alpha value is -3.00. The maximum Gasteiger partial charge on any atom is 0.137 e. The number of nitrogen functional groups attached to an aromatic ring is 1. The Bertz CT molecular complexity index is 828. The lowest BCUT2D eigenvalue weighted by molar-refractivity contribution is 0.415. The Morgan fingerprint density at radius 3 is 2.67 bits per heavy atom. The van der Waals surface area contributed by atoms with Crippen molar-refractivity contribution in [1.29, 1.82) is 5.26 Å². The zero-order valence-corrected chi connectivity index (χ0v) is 11.6. The van der Waals surface area contributed by atoms with E-state index in [1.165, 1.54) is 0 Å². The van der Waals surface area contributed by atoms with Gasteiger partial charge in [0.15, 0.2) is 0 Å². The minimum Gasteiger partial charge on any atom is -0.497 e. The van der Waals surface area contributed by atoms with Gasteiger partial charge in [0.2, 0.25) is 0 Å². The van der Waals surface area contributed by atoms with Gasteiger partial charge in [-0.1, -0.05) is 0 Å². The van der Waals surface area contributed by atoms with Crippen molar-refractivity contribution in [3.8, 4) is 23.1 Å². The van der Waals surface area contributed by atoms with Crippen LogP contribution < -0.4 is 10.5 Å². The fourth-order valence-corrected chi connectivity index (χ4v) is 2.33. The zero-order chi connectivity index (χ0) is 14.8. The van der Waals surface area contributed by atoms with Crippen LogP contribution in [0.15, 0.2) is 42.6 Å². The molecule has 0 aliphatic rings. The van der Waals surface area contributed by atoms with Crippen molar-refractivity contribution in [2.45, 2.75) is 6.42 Å². The third kappa shape index (κ3) is 2.28. The minimum atomic E-state index is 0.270. The molecule has 0 unspecified atom stereocenters. The van der Waals surface area contributed by atoms with Crippen LogP contribution in [0.3, 0.4) is 0 Å². The van der Waals surface area contributed by atoms with Crippen molar-refractivity contribution < 1.29 is 4.74 Å². The number of rotatable bonds is 3.